The van der Waals surface area contributed by atoms with Gasteiger partial charge in [-0.25, -0.2) is 0 Å². The molecule has 1 unspecified atom stereocenters. The zero-order chi connectivity index (χ0) is 42.6. The third-order valence-corrected chi connectivity index (χ3v) is 9.47. The van der Waals surface area contributed by atoms with Crippen molar-refractivity contribution in [3.8, 4) is 0 Å². The van der Waals surface area contributed by atoms with E-state index in [0.29, 0.717) is 13.0 Å². The van der Waals surface area contributed by atoms with Gasteiger partial charge in [-0.15, -0.1) is 0 Å². The molecule has 0 saturated heterocycles. The van der Waals surface area contributed by atoms with E-state index >= 15 is 0 Å². The molecule has 0 radical (unpaired) electrons. The molecule has 0 rings (SSSR count). The van der Waals surface area contributed by atoms with Gasteiger partial charge < -0.3 is 14.6 Å². The smallest absolute Gasteiger partial charge is 0.306 e. The molecule has 0 bridgehead atoms. The largest absolute Gasteiger partial charge is 0.457 e. The zero-order valence-electron chi connectivity index (χ0n) is 38.0. The molecule has 0 fully saturated rings. The number of allylic oxidation sites excluding steroid dienone is 22. The third kappa shape index (κ3) is 48.8. The van der Waals surface area contributed by atoms with Crippen LogP contribution in [0.15, 0.2) is 134 Å². The highest BCUT2D eigenvalue weighted by Gasteiger charge is 2.13. The molecule has 1 atom stereocenters. The predicted molar refractivity (Wildman–Crippen MR) is 260 cm³/mol. The second-order valence-corrected chi connectivity index (χ2v) is 15.1. The van der Waals surface area contributed by atoms with Gasteiger partial charge in [0.2, 0.25) is 0 Å². The number of carbonyl (C=O) groups is 1. The van der Waals surface area contributed by atoms with Gasteiger partial charge in [-0.05, 0) is 109 Å². The first kappa shape index (κ1) is 55.5. The first-order valence-corrected chi connectivity index (χ1v) is 23.8. The average Bonchev–Trinajstić information content (AvgIpc) is 3.24. The van der Waals surface area contributed by atoms with Gasteiger partial charge in [0.15, 0.2) is 0 Å². The fourth-order valence-electron chi connectivity index (χ4n) is 6.00. The van der Waals surface area contributed by atoms with E-state index in [-0.39, 0.29) is 19.2 Å². The first-order valence-electron chi connectivity index (χ1n) is 23.8. The minimum Gasteiger partial charge on any atom is -0.457 e. The Labute approximate surface area is 364 Å². The fraction of sp³-hybridized carbons (Fsp3) is 0.582. The summed E-state index contributed by atoms with van der Waals surface area (Å²) in [6.07, 6.45) is 76.6. The molecule has 0 heterocycles. The Balaban J connectivity index is 3.57. The quantitative estimate of drug-likeness (QED) is 0.0379. The number of hydrogen-bond donors (Lipinski definition) is 1. The van der Waals surface area contributed by atoms with Gasteiger partial charge in [0.05, 0.1) is 13.2 Å². The van der Waals surface area contributed by atoms with Crippen LogP contribution >= 0.6 is 0 Å². The summed E-state index contributed by atoms with van der Waals surface area (Å²) in [5.74, 6) is -0.227. The highest BCUT2D eigenvalue weighted by atomic mass is 16.6. The lowest BCUT2D eigenvalue weighted by molar-refractivity contribution is -0.154. The Bertz CT molecular complexity index is 1220. The fourth-order valence-corrected chi connectivity index (χ4v) is 6.00. The number of carbonyl (C=O) groups excluding carboxylic acids is 1. The van der Waals surface area contributed by atoms with E-state index in [4.69, 9.17) is 9.47 Å². The summed E-state index contributed by atoms with van der Waals surface area (Å²) in [5, 5.41) is 9.64. The van der Waals surface area contributed by atoms with Gasteiger partial charge in [-0.1, -0.05) is 199 Å². The highest BCUT2D eigenvalue weighted by Crippen LogP contribution is 2.11. The van der Waals surface area contributed by atoms with Gasteiger partial charge >= 0.3 is 5.97 Å². The monoisotopic (exact) mass is 813 g/mol. The lowest BCUT2D eigenvalue weighted by atomic mass is 10.1. The van der Waals surface area contributed by atoms with Crippen molar-refractivity contribution in [2.75, 3.05) is 19.8 Å². The lowest BCUT2D eigenvalue weighted by Gasteiger charge is -2.15. The van der Waals surface area contributed by atoms with Crippen LogP contribution in [0, 0.1) is 0 Å². The van der Waals surface area contributed by atoms with E-state index in [1.807, 2.05) is 0 Å². The second-order valence-electron chi connectivity index (χ2n) is 15.1. The molecule has 0 aromatic heterocycles. The Hall–Kier alpha value is -3.47. The van der Waals surface area contributed by atoms with Gasteiger partial charge in [-0.3, -0.25) is 4.79 Å². The van der Waals surface area contributed by atoms with Crippen LogP contribution < -0.4 is 0 Å². The van der Waals surface area contributed by atoms with Crippen LogP contribution in [0.25, 0.3) is 0 Å². The summed E-state index contributed by atoms with van der Waals surface area (Å²) in [6, 6.07) is 0. The SMILES string of the molecule is CC/C=C\C/C=C\C/C=C\C/C=C\C/C=C\C/C=C\CCCCCCCCC(=O)OC(CO)COCCCCCCCC/C=C\C/C=C\C/C=C\C/C=C\C/C=C\CC. The summed E-state index contributed by atoms with van der Waals surface area (Å²) >= 11 is 0. The average molecular weight is 813 g/mol. The molecule has 59 heavy (non-hydrogen) atoms. The summed E-state index contributed by atoms with van der Waals surface area (Å²) in [6.45, 7) is 5.05. The van der Waals surface area contributed by atoms with Gasteiger partial charge in [0, 0.05) is 13.0 Å². The molecular weight excluding hydrogens is 725 g/mol. The second kappa shape index (κ2) is 50.7. The highest BCUT2D eigenvalue weighted by molar-refractivity contribution is 5.69. The van der Waals surface area contributed by atoms with E-state index in [1.54, 1.807) is 0 Å². The van der Waals surface area contributed by atoms with Crippen molar-refractivity contribution < 1.29 is 19.4 Å². The maximum absolute atomic E-state index is 12.3. The summed E-state index contributed by atoms with van der Waals surface area (Å²) in [7, 11) is 0. The summed E-state index contributed by atoms with van der Waals surface area (Å²) < 4.78 is 11.2. The number of aliphatic hydroxyl groups is 1. The molecule has 0 aliphatic heterocycles. The Morgan fingerprint density at radius 3 is 1.07 bits per heavy atom. The van der Waals surface area contributed by atoms with Gasteiger partial charge in [-0.2, -0.15) is 0 Å². The molecule has 0 aromatic rings. The van der Waals surface area contributed by atoms with Crippen molar-refractivity contribution in [1.82, 2.24) is 0 Å². The number of unbranched alkanes of at least 4 members (excludes halogenated alkanes) is 12. The van der Waals surface area contributed by atoms with Crippen molar-refractivity contribution in [2.24, 2.45) is 0 Å². The third-order valence-electron chi connectivity index (χ3n) is 9.47. The maximum atomic E-state index is 12.3. The van der Waals surface area contributed by atoms with E-state index < -0.39 is 6.10 Å². The Kier molecular flexibility index (Phi) is 47.7. The van der Waals surface area contributed by atoms with E-state index in [0.717, 1.165) is 116 Å². The molecule has 0 aliphatic rings. The van der Waals surface area contributed by atoms with Crippen LogP contribution in [0.2, 0.25) is 0 Å². The molecule has 4 heteroatoms. The Morgan fingerprint density at radius 1 is 0.407 bits per heavy atom. The van der Waals surface area contributed by atoms with Crippen molar-refractivity contribution in [3.05, 3.63) is 134 Å². The molecule has 0 saturated carbocycles. The van der Waals surface area contributed by atoms with Crippen molar-refractivity contribution in [3.63, 3.8) is 0 Å². The van der Waals surface area contributed by atoms with Crippen molar-refractivity contribution in [1.29, 1.82) is 0 Å². The standard InChI is InChI=1S/C55H88O4/c1-3-5-7-9-11-13-15-17-19-21-23-25-27-28-29-30-32-34-36-38-40-42-44-46-48-50-55(57)59-54(52-56)53-58-51-49-47-45-43-41-39-37-35-33-31-26-24-22-20-18-16-14-12-10-8-6-4-2/h5-8,11-14,17-20,23-26,28-29,32-35,54,56H,3-4,9-10,15-16,21-22,27,30-31,36-53H2,1-2H3/b7-5-,8-6-,13-11-,14-12-,19-17-,20-18-,25-23-,26-24-,29-28-,34-32-,35-33-. The van der Waals surface area contributed by atoms with Crippen LogP contribution in [-0.4, -0.2) is 37.0 Å². The molecular formula is C55H88O4. The van der Waals surface area contributed by atoms with E-state index in [2.05, 4.69) is 148 Å². The minimum absolute atomic E-state index is 0.194. The maximum Gasteiger partial charge on any atom is 0.306 e. The van der Waals surface area contributed by atoms with Crippen molar-refractivity contribution in [2.45, 2.75) is 187 Å². The molecule has 0 aromatic carbocycles. The summed E-state index contributed by atoms with van der Waals surface area (Å²) in [4.78, 5) is 12.3. The van der Waals surface area contributed by atoms with Crippen LogP contribution in [-0.2, 0) is 14.3 Å². The summed E-state index contributed by atoms with van der Waals surface area (Å²) in [5.41, 5.74) is 0. The number of rotatable bonds is 42. The van der Waals surface area contributed by atoms with Gasteiger partial charge in [0.1, 0.15) is 6.10 Å². The van der Waals surface area contributed by atoms with E-state index in [9.17, 15) is 9.90 Å². The molecule has 0 spiro atoms. The molecule has 0 amide bonds. The first-order chi connectivity index (χ1) is 29.2. The molecule has 1 N–H and O–H groups in total. The van der Waals surface area contributed by atoms with Crippen LogP contribution in [0.1, 0.15) is 181 Å². The van der Waals surface area contributed by atoms with Gasteiger partial charge in [0.25, 0.3) is 0 Å². The molecule has 0 aliphatic carbocycles. The normalized spacial score (nSPS) is 13.6. The molecule has 332 valence electrons. The number of ether oxygens (including phenoxy) is 2. The zero-order valence-corrected chi connectivity index (χ0v) is 38.0. The van der Waals surface area contributed by atoms with E-state index in [1.165, 1.54) is 44.9 Å². The lowest BCUT2D eigenvalue weighted by Crippen LogP contribution is -2.27. The number of esters is 1. The number of hydrogen-bond acceptors (Lipinski definition) is 4. The van der Waals surface area contributed by atoms with Crippen molar-refractivity contribution >= 4 is 5.97 Å². The molecule has 4 nitrogen and oxygen atoms in total. The Morgan fingerprint density at radius 2 is 0.712 bits per heavy atom. The predicted octanol–water partition coefficient (Wildman–Crippen LogP) is 16.2. The van der Waals surface area contributed by atoms with Crippen LogP contribution in [0.5, 0.6) is 0 Å². The van der Waals surface area contributed by atoms with Crippen LogP contribution in [0.4, 0.5) is 0 Å². The topological polar surface area (TPSA) is 55.8 Å². The van der Waals surface area contributed by atoms with Crippen LogP contribution in [0.3, 0.4) is 0 Å². The number of aliphatic hydroxyl groups excluding tert-OH is 1. The minimum atomic E-state index is -0.563.